The molecule has 4 nitrogen and oxygen atoms in total. The van der Waals surface area contributed by atoms with Crippen LogP contribution in [0, 0.1) is 0 Å². The molecule has 1 aliphatic rings. The summed E-state index contributed by atoms with van der Waals surface area (Å²) < 4.78 is 10.7. The van der Waals surface area contributed by atoms with Crippen LogP contribution in [0.2, 0.25) is 0 Å². The summed E-state index contributed by atoms with van der Waals surface area (Å²) in [4.78, 5) is 4.33. The van der Waals surface area contributed by atoms with Gasteiger partial charge >= 0.3 is 0 Å². The van der Waals surface area contributed by atoms with Gasteiger partial charge in [0.15, 0.2) is 0 Å². The van der Waals surface area contributed by atoms with Crippen LogP contribution in [0.4, 0.5) is 5.69 Å². The summed E-state index contributed by atoms with van der Waals surface area (Å²) in [5.74, 6) is 1.49. The molecule has 0 atom stereocenters. The molecule has 0 fully saturated rings. The zero-order chi connectivity index (χ0) is 15.2. The van der Waals surface area contributed by atoms with Crippen LogP contribution in [-0.2, 0) is 4.74 Å². The first-order valence-electron chi connectivity index (χ1n) is 7.20. The fourth-order valence-electron chi connectivity index (χ4n) is 2.20. The summed E-state index contributed by atoms with van der Waals surface area (Å²) in [5.41, 5.74) is 3.00. The molecule has 0 radical (unpaired) electrons. The van der Waals surface area contributed by atoms with Crippen LogP contribution in [-0.4, -0.2) is 26.2 Å². The molecule has 2 aromatic rings. The minimum Gasteiger partial charge on any atom is -0.497 e. The smallest absolute Gasteiger partial charge is 0.210 e. The first kappa shape index (κ1) is 14.2. The van der Waals surface area contributed by atoms with Crippen molar-refractivity contribution in [3.8, 4) is 5.75 Å². The van der Waals surface area contributed by atoms with Crippen molar-refractivity contribution in [1.29, 1.82) is 0 Å². The van der Waals surface area contributed by atoms with Crippen LogP contribution >= 0.6 is 0 Å². The van der Waals surface area contributed by atoms with Gasteiger partial charge < -0.3 is 14.8 Å². The molecule has 2 aromatic carbocycles. The van der Waals surface area contributed by atoms with Crippen molar-refractivity contribution in [2.45, 2.75) is 0 Å². The molecule has 1 N–H and O–H groups in total. The average Bonchev–Trinajstić information content (AvgIpc) is 3.08. The lowest BCUT2D eigenvalue weighted by molar-refractivity contribution is 0.350. The Labute approximate surface area is 130 Å². The van der Waals surface area contributed by atoms with Gasteiger partial charge in [0.05, 0.1) is 19.4 Å². The van der Waals surface area contributed by atoms with Crippen molar-refractivity contribution < 1.29 is 9.47 Å². The third kappa shape index (κ3) is 3.47. The number of nitrogens with zero attached hydrogens (tertiary/aromatic N) is 1. The molecule has 0 spiro atoms. The first-order chi connectivity index (χ1) is 10.8. The minimum atomic E-state index is 0.646. The Bertz CT molecular complexity index is 676. The lowest BCUT2D eigenvalue weighted by Gasteiger charge is -2.12. The van der Waals surface area contributed by atoms with Gasteiger partial charge in [-0.2, -0.15) is 0 Å². The number of benzene rings is 2. The predicted molar refractivity (Wildman–Crippen MR) is 89.3 cm³/mol. The van der Waals surface area contributed by atoms with Crippen LogP contribution in [0.3, 0.4) is 0 Å². The maximum absolute atomic E-state index is 5.50. The molecule has 112 valence electrons. The van der Waals surface area contributed by atoms with E-state index in [0.29, 0.717) is 19.0 Å². The monoisotopic (exact) mass is 294 g/mol. The van der Waals surface area contributed by atoms with Crippen molar-refractivity contribution >= 4 is 17.3 Å². The Morgan fingerprint density at radius 2 is 1.91 bits per heavy atom. The SMILES string of the molecule is COc1ccc(/C(=C/C2=NCCO2)Nc2ccccc2)cc1. The van der Waals surface area contributed by atoms with E-state index in [4.69, 9.17) is 9.47 Å². The molecule has 3 rings (SSSR count). The number of para-hydroxylation sites is 1. The number of anilines is 1. The van der Waals surface area contributed by atoms with Gasteiger partial charge in [-0.25, -0.2) is 4.99 Å². The summed E-state index contributed by atoms with van der Waals surface area (Å²) >= 11 is 0. The average molecular weight is 294 g/mol. The highest BCUT2D eigenvalue weighted by Gasteiger charge is 2.09. The van der Waals surface area contributed by atoms with Gasteiger partial charge in [-0.3, -0.25) is 0 Å². The third-order valence-electron chi connectivity index (χ3n) is 3.33. The molecular weight excluding hydrogens is 276 g/mol. The Morgan fingerprint density at radius 1 is 1.14 bits per heavy atom. The molecule has 0 unspecified atom stereocenters. The molecule has 0 saturated carbocycles. The number of nitrogens with one attached hydrogen (secondary N) is 1. The lowest BCUT2D eigenvalue weighted by atomic mass is 10.1. The van der Waals surface area contributed by atoms with Crippen molar-refractivity contribution in [1.82, 2.24) is 0 Å². The van der Waals surface area contributed by atoms with Gasteiger partial charge in [0.25, 0.3) is 0 Å². The lowest BCUT2D eigenvalue weighted by Crippen LogP contribution is -2.03. The van der Waals surface area contributed by atoms with E-state index in [9.17, 15) is 0 Å². The molecule has 0 bridgehead atoms. The highest BCUT2D eigenvalue weighted by atomic mass is 16.5. The summed E-state index contributed by atoms with van der Waals surface area (Å²) in [6.07, 6.45) is 1.93. The van der Waals surface area contributed by atoms with Crippen LogP contribution in [0.25, 0.3) is 5.70 Å². The van der Waals surface area contributed by atoms with E-state index in [2.05, 4.69) is 10.3 Å². The predicted octanol–water partition coefficient (Wildman–Crippen LogP) is 3.58. The summed E-state index contributed by atoms with van der Waals surface area (Å²) in [6.45, 7) is 1.36. The van der Waals surface area contributed by atoms with Crippen molar-refractivity contribution in [3.63, 3.8) is 0 Å². The maximum Gasteiger partial charge on any atom is 0.210 e. The largest absolute Gasteiger partial charge is 0.497 e. The molecule has 0 amide bonds. The Balaban J connectivity index is 1.91. The number of methoxy groups -OCH3 is 1. The van der Waals surface area contributed by atoms with E-state index >= 15 is 0 Å². The molecule has 4 heteroatoms. The fourth-order valence-corrected chi connectivity index (χ4v) is 2.20. The van der Waals surface area contributed by atoms with E-state index in [-0.39, 0.29) is 0 Å². The quantitative estimate of drug-likeness (QED) is 0.916. The first-order valence-corrected chi connectivity index (χ1v) is 7.20. The van der Waals surface area contributed by atoms with Crippen molar-refractivity contribution in [2.24, 2.45) is 4.99 Å². The highest BCUT2D eigenvalue weighted by molar-refractivity contribution is 5.98. The fraction of sp³-hybridized carbons (Fsp3) is 0.167. The van der Waals surface area contributed by atoms with Crippen LogP contribution in [0.1, 0.15) is 5.56 Å². The van der Waals surface area contributed by atoms with Crippen molar-refractivity contribution in [2.75, 3.05) is 25.6 Å². The molecule has 0 saturated heterocycles. The highest BCUT2D eigenvalue weighted by Crippen LogP contribution is 2.21. The molecule has 0 aliphatic carbocycles. The summed E-state index contributed by atoms with van der Waals surface area (Å²) in [6, 6.07) is 17.9. The molecular formula is C18H18N2O2. The van der Waals surface area contributed by atoms with Gasteiger partial charge in [0.2, 0.25) is 5.90 Å². The van der Waals surface area contributed by atoms with Gasteiger partial charge in [-0.15, -0.1) is 0 Å². The number of hydrogen-bond donors (Lipinski definition) is 1. The van der Waals surface area contributed by atoms with E-state index in [0.717, 1.165) is 22.7 Å². The van der Waals surface area contributed by atoms with Gasteiger partial charge in [0, 0.05) is 11.8 Å². The van der Waals surface area contributed by atoms with Gasteiger partial charge in [-0.05, 0) is 42.0 Å². The molecule has 1 aliphatic heterocycles. The minimum absolute atomic E-state index is 0.646. The van der Waals surface area contributed by atoms with E-state index < -0.39 is 0 Å². The second-order valence-corrected chi connectivity index (χ2v) is 4.85. The standard InChI is InChI=1S/C18H18N2O2/c1-21-16-9-7-14(8-10-16)17(13-18-19-11-12-22-18)20-15-5-3-2-4-6-15/h2-10,13,20H,11-12H2,1H3/b17-13-. The maximum atomic E-state index is 5.50. The van der Waals surface area contributed by atoms with Gasteiger partial charge in [-0.1, -0.05) is 18.2 Å². The number of rotatable bonds is 5. The number of ether oxygens (including phenoxy) is 2. The molecule has 0 aromatic heterocycles. The molecule has 22 heavy (non-hydrogen) atoms. The van der Waals surface area contributed by atoms with Crippen LogP contribution in [0.15, 0.2) is 65.7 Å². The zero-order valence-corrected chi connectivity index (χ0v) is 12.5. The summed E-state index contributed by atoms with van der Waals surface area (Å²) in [7, 11) is 1.66. The summed E-state index contributed by atoms with van der Waals surface area (Å²) in [5, 5.41) is 3.42. The van der Waals surface area contributed by atoms with Crippen LogP contribution in [0.5, 0.6) is 5.75 Å². The van der Waals surface area contributed by atoms with Crippen molar-refractivity contribution in [3.05, 3.63) is 66.2 Å². The van der Waals surface area contributed by atoms with E-state index in [1.807, 2.05) is 60.7 Å². The second-order valence-electron chi connectivity index (χ2n) is 4.85. The Hall–Kier alpha value is -2.75. The topological polar surface area (TPSA) is 42.9 Å². The number of aliphatic imine (C=N–C) groups is 1. The Kier molecular flexibility index (Phi) is 4.39. The van der Waals surface area contributed by atoms with Crippen LogP contribution < -0.4 is 10.1 Å². The normalized spacial score (nSPS) is 14.2. The van der Waals surface area contributed by atoms with E-state index in [1.54, 1.807) is 7.11 Å². The van der Waals surface area contributed by atoms with Gasteiger partial charge in [0.1, 0.15) is 12.4 Å². The number of hydrogen-bond acceptors (Lipinski definition) is 4. The van der Waals surface area contributed by atoms with E-state index in [1.165, 1.54) is 0 Å². The Morgan fingerprint density at radius 3 is 2.55 bits per heavy atom. The zero-order valence-electron chi connectivity index (χ0n) is 12.5. The third-order valence-corrected chi connectivity index (χ3v) is 3.33. The molecule has 1 heterocycles. The second kappa shape index (κ2) is 6.80.